The zero-order chi connectivity index (χ0) is 57.8. The lowest BCUT2D eigenvalue weighted by atomic mass is 10.1. The summed E-state index contributed by atoms with van der Waals surface area (Å²) in [5.41, 5.74) is 0. The summed E-state index contributed by atoms with van der Waals surface area (Å²) in [4.78, 5) is 38.3. The molecule has 6 nitrogen and oxygen atoms in total. The molecule has 0 heterocycles. The second-order valence-electron chi connectivity index (χ2n) is 20.9. The van der Waals surface area contributed by atoms with Crippen LogP contribution in [0.2, 0.25) is 0 Å². The van der Waals surface area contributed by atoms with Gasteiger partial charge in [0.1, 0.15) is 13.2 Å². The fourth-order valence-corrected chi connectivity index (χ4v) is 8.47. The van der Waals surface area contributed by atoms with Crippen LogP contribution in [0.1, 0.15) is 271 Å². The summed E-state index contributed by atoms with van der Waals surface area (Å²) < 4.78 is 16.8. The highest BCUT2D eigenvalue weighted by molar-refractivity contribution is 5.71. The van der Waals surface area contributed by atoms with Crippen LogP contribution in [0.3, 0.4) is 0 Å². The molecule has 0 saturated heterocycles. The van der Waals surface area contributed by atoms with Gasteiger partial charge in [-0.3, -0.25) is 14.4 Å². The van der Waals surface area contributed by atoms with Gasteiger partial charge < -0.3 is 14.2 Å². The van der Waals surface area contributed by atoms with Gasteiger partial charge in [-0.1, -0.05) is 275 Å². The highest BCUT2D eigenvalue weighted by Crippen LogP contribution is 2.15. The molecule has 0 spiro atoms. The van der Waals surface area contributed by atoms with Crippen LogP contribution in [-0.2, 0) is 28.6 Å². The molecule has 0 aliphatic heterocycles. The van der Waals surface area contributed by atoms with Crippen molar-refractivity contribution in [3.8, 4) is 0 Å². The number of rotatable bonds is 57. The van der Waals surface area contributed by atoms with Crippen molar-refractivity contribution in [2.24, 2.45) is 0 Å². The minimum atomic E-state index is -0.821. The van der Waals surface area contributed by atoms with E-state index in [4.69, 9.17) is 14.2 Å². The first-order valence-corrected chi connectivity index (χ1v) is 32.5. The van der Waals surface area contributed by atoms with Gasteiger partial charge in [-0.05, 0) is 135 Å². The van der Waals surface area contributed by atoms with Crippen molar-refractivity contribution in [1.82, 2.24) is 0 Å². The lowest BCUT2D eigenvalue weighted by Crippen LogP contribution is -2.30. The highest BCUT2D eigenvalue weighted by atomic mass is 16.6. The molecule has 0 aromatic rings. The quantitative estimate of drug-likeness (QED) is 0.0261. The molecule has 0 bridgehead atoms. The predicted molar refractivity (Wildman–Crippen MR) is 348 cm³/mol. The van der Waals surface area contributed by atoms with E-state index in [1.54, 1.807) is 0 Å². The molecule has 450 valence electrons. The molecule has 80 heavy (non-hydrogen) atoms. The Kier molecular flexibility index (Phi) is 62.4. The lowest BCUT2D eigenvalue weighted by molar-refractivity contribution is -0.166. The zero-order valence-electron chi connectivity index (χ0n) is 51.5. The fourth-order valence-electron chi connectivity index (χ4n) is 8.47. The van der Waals surface area contributed by atoms with Crippen LogP contribution >= 0.6 is 0 Å². The fraction of sp³-hybridized carbons (Fsp3) is 0.608. The molecule has 0 rings (SSSR count). The molecule has 0 radical (unpaired) electrons. The smallest absolute Gasteiger partial charge is 0.306 e. The average Bonchev–Trinajstić information content (AvgIpc) is 3.46. The maximum absolute atomic E-state index is 12.9. The highest BCUT2D eigenvalue weighted by Gasteiger charge is 2.19. The Morgan fingerprint density at radius 2 is 0.512 bits per heavy atom. The van der Waals surface area contributed by atoms with Gasteiger partial charge in [0.25, 0.3) is 0 Å². The first-order valence-electron chi connectivity index (χ1n) is 32.5. The van der Waals surface area contributed by atoms with E-state index in [2.05, 4.69) is 173 Å². The number of hydrogen-bond acceptors (Lipinski definition) is 6. The maximum Gasteiger partial charge on any atom is 0.306 e. The molecule has 0 fully saturated rings. The van der Waals surface area contributed by atoms with Crippen molar-refractivity contribution in [1.29, 1.82) is 0 Å². The van der Waals surface area contributed by atoms with Gasteiger partial charge in [-0.2, -0.15) is 0 Å². The van der Waals surface area contributed by atoms with Gasteiger partial charge >= 0.3 is 17.9 Å². The number of carbonyl (C=O) groups excluding carboxylic acids is 3. The Balaban J connectivity index is 4.36. The van der Waals surface area contributed by atoms with Crippen molar-refractivity contribution in [2.45, 2.75) is 277 Å². The summed E-state index contributed by atoms with van der Waals surface area (Å²) in [6, 6.07) is 0. The van der Waals surface area contributed by atoms with Gasteiger partial charge in [0.2, 0.25) is 0 Å². The Bertz CT molecular complexity index is 1790. The van der Waals surface area contributed by atoms with E-state index < -0.39 is 6.10 Å². The topological polar surface area (TPSA) is 78.9 Å². The van der Waals surface area contributed by atoms with Crippen LogP contribution in [-0.4, -0.2) is 37.2 Å². The van der Waals surface area contributed by atoms with Crippen LogP contribution in [0.15, 0.2) is 158 Å². The number of hydrogen-bond donors (Lipinski definition) is 0. The van der Waals surface area contributed by atoms with Crippen molar-refractivity contribution in [3.63, 3.8) is 0 Å². The van der Waals surface area contributed by atoms with Crippen LogP contribution in [0.25, 0.3) is 0 Å². The van der Waals surface area contributed by atoms with E-state index in [-0.39, 0.29) is 37.5 Å². The molecule has 1 atom stereocenters. The van der Waals surface area contributed by atoms with Crippen molar-refractivity contribution < 1.29 is 28.6 Å². The molecular formula is C74H118O6. The largest absolute Gasteiger partial charge is 0.462 e. The Hall–Kier alpha value is -4.97. The predicted octanol–water partition coefficient (Wildman–Crippen LogP) is 22.5. The SMILES string of the molecule is CC/C=C\C/C=C\C/C=C\C/C=C\C/C=C\C/C=C\C/C=C\CCCCCCCCCCCC(=O)OCC(COC(=O)CC/C=C\C/C=C\C/C=C\C/C=C\CC)OC(=O)CCCCCCCCC/C=C\C/C=C\CCCCCC. The second kappa shape index (κ2) is 66.5. The molecule has 0 N–H and O–H groups in total. The first-order chi connectivity index (χ1) is 39.5. The summed E-state index contributed by atoms with van der Waals surface area (Å²) in [6.07, 6.45) is 96.9. The monoisotopic (exact) mass is 1100 g/mol. The van der Waals surface area contributed by atoms with E-state index in [1.165, 1.54) is 96.3 Å². The number of carbonyl (C=O) groups is 3. The van der Waals surface area contributed by atoms with Crippen molar-refractivity contribution in [2.75, 3.05) is 13.2 Å². The number of allylic oxidation sites excluding steroid dienone is 26. The number of esters is 3. The van der Waals surface area contributed by atoms with Gasteiger partial charge in [0, 0.05) is 19.3 Å². The van der Waals surface area contributed by atoms with Gasteiger partial charge in [0.15, 0.2) is 6.10 Å². The molecule has 1 unspecified atom stereocenters. The maximum atomic E-state index is 12.9. The standard InChI is InChI=1S/C74H118O6/c1-4-7-10-13-16-19-22-25-27-29-31-32-33-34-35-36-37-38-39-40-41-42-43-45-46-49-52-55-58-61-64-67-73(76)79-70-71(69-78-72(75)66-63-60-57-54-51-48-24-21-18-15-12-9-6-3)80-74(77)68-65-62-59-56-53-50-47-44-30-28-26-23-20-17-14-11-8-5-2/h7,9-10,12,16,18-21,23,25,27-28,30-32,34-35,37-38,40-41,48,51,57,60,71H,4-6,8,11,13-15,17,22,24,26,29,33,36,39,42-47,49-50,52-56,58-59,61-70H2,1-3H3/b10-7-,12-9-,19-16-,21-18-,23-20-,27-25-,30-28-,32-31-,35-34-,38-37-,41-40-,51-48-,60-57-. The molecule has 0 aromatic heterocycles. The van der Waals surface area contributed by atoms with Gasteiger partial charge in [0.05, 0.1) is 0 Å². The molecule has 0 aromatic carbocycles. The Morgan fingerprint density at radius 1 is 0.263 bits per heavy atom. The summed E-state index contributed by atoms with van der Waals surface area (Å²) in [6.45, 7) is 6.32. The summed E-state index contributed by atoms with van der Waals surface area (Å²) in [5.74, 6) is -1.01. The van der Waals surface area contributed by atoms with E-state index in [9.17, 15) is 14.4 Å². The third kappa shape index (κ3) is 63.9. The zero-order valence-corrected chi connectivity index (χ0v) is 51.5. The minimum absolute atomic E-state index is 0.112. The first kappa shape index (κ1) is 75.0. The van der Waals surface area contributed by atoms with Crippen LogP contribution in [0.4, 0.5) is 0 Å². The summed E-state index contributed by atoms with van der Waals surface area (Å²) in [5, 5.41) is 0. The average molecular weight is 1100 g/mol. The Labute approximate surface area is 492 Å². The molecular weight excluding hydrogens is 985 g/mol. The molecule has 0 aliphatic rings. The van der Waals surface area contributed by atoms with Crippen LogP contribution in [0, 0.1) is 0 Å². The lowest BCUT2D eigenvalue weighted by Gasteiger charge is -2.18. The van der Waals surface area contributed by atoms with E-state index >= 15 is 0 Å². The Morgan fingerprint density at radius 3 is 0.838 bits per heavy atom. The van der Waals surface area contributed by atoms with E-state index in [0.717, 1.165) is 128 Å². The third-order valence-electron chi connectivity index (χ3n) is 13.3. The number of ether oxygens (including phenoxy) is 3. The van der Waals surface area contributed by atoms with Crippen LogP contribution in [0.5, 0.6) is 0 Å². The van der Waals surface area contributed by atoms with Crippen molar-refractivity contribution >= 4 is 17.9 Å². The normalized spacial score (nSPS) is 13.2. The molecule has 0 aliphatic carbocycles. The van der Waals surface area contributed by atoms with E-state index in [1.807, 2.05) is 6.08 Å². The minimum Gasteiger partial charge on any atom is -0.462 e. The van der Waals surface area contributed by atoms with Gasteiger partial charge in [-0.25, -0.2) is 0 Å². The summed E-state index contributed by atoms with van der Waals surface area (Å²) in [7, 11) is 0. The molecule has 0 saturated carbocycles. The van der Waals surface area contributed by atoms with Crippen LogP contribution < -0.4 is 0 Å². The second-order valence-corrected chi connectivity index (χ2v) is 20.9. The van der Waals surface area contributed by atoms with Crippen molar-refractivity contribution in [3.05, 3.63) is 158 Å². The molecule has 6 heteroatoms. The third-order valence-corrected chi connectivity index (χ3v) is 13.3. The van der Waals surface area contributed by atoms with E-state index in [0.29, 0.717) is 19.3 Å². The molecule has 0 amide bonds. The number of unbranched alkanes of at least 4 members (excludes halogenated alkanes) is 20. The van der Waals surface area contributed by atoms with Gasteiger partial charge in [-0.15, -0.1) is 0 Å². The summed E-state index contributed by atoms with van der Waals surface area (Å²) >= 11 is 0.